The van der Waals surface area contributed by atoms with Gasteiger partial charge in [0.2, 0.25) is 5.91 Å². The van der Waals surface area contributed by atoms with Crippen LogP contribution in [0.2, 0.25) is 0 Å². The van der Waals surface area contributed by atoms with E-state index in [1.165, 1.54) is 5.69 Å². The number of nitrogens with one attached hydrogen (secondary N) is 1. The quantitative estimate of drug-likeness (QED) is 0.864. The van der Waals surface area contributed by atoms with Crippen LogP contribution in [0.25, 0.3) is 0 Å². The Kier molecular flexibility index (Phi) is 5.34. The van der Waals surface area contributed by atoms with Crippen LogP contribution in [0.3, 0.4) is 0 Å². The molecular weight excluding hydrogens is 288 g/mol. The number of ether oxygens (including phenoxy) is 1. The van der Waals surface area contributed by atoms with Gasteiger partial charge in [-0.05, 0) is 56.4 Å². The van der Waals surface area contributed by atoms with Crippen molar-refractivity contribution >= 4 is 17.3 Å². The van der Waals surface area contributed by atoms with Gasteiger partial charge in [0, 0.05) is 37.5 Å². The summed E-state index contributed by atoms with van der Waals surface area (Å²) < 4.78 is 5.42. The van der Waals surface area contributed by atoms with Gasteiger partial charge in [0.15, 0.2) is 0 Å². The maximum absolute atomic E-state index is 12.3. The van der Waals surface area contributed by atoms with Crippen LogP contribution in [0.15, 0.2) is 36.4 Å². The average Bonchev–Trinajstić information content (AvgIpc) is 2.63. The van der Waals surface area contributed by atoms with Gasteiger partial charge in [-0.15, -0.1) is 0 Å². The summed E-state index contributed by atoms with van der Waals surface area (Å²) in [4.78, 5) is 14.6. The summed E-state index contributed by atoms with van der Waals surface area (Å²) in [6.07, 6.45) is 9.64. The number of benzene rings is 1. The first-order valence-electron chi connectivity index (χ1n) is 8.60. The fraction of sp³-hybridized carbons (Fsp3) is 0.526. The first-order valence-corrected chi connectivity index (χ1v) is 8.60. The van der Waals surface area contributed by atoms with Gasteiger partial charge in [0.05, 0.1) is 6.10 Å². The summed E-state index contributed by atoms with van der Waals surface area (Å²) >= 11 is 0. The van der Waals surface area contributed by atoms with Gasteiger partial charge in [0.25, 0.3) is 0 Å². The van der Waals surface area contributed by atoms with Crippen LogP contribution in [-0.2, 0) is 9.53 Å². The first-order chi connectivity index (χ1) is 11.3. The zero-order chi connectivity index (χ0) is 16.1. The highest BCUT2D eigenvalue weighted by atomic mass is 16.5. The van der Waals surface area contributed by atoms with Crippen molar-refractivity contribution in [3.8, 4) is 0 Å². The Morgan fingerprint density at radius 2 is 1.87 bits per heavy atom. The molecule has 1 saturated heterocycles. The fourth-order valence-corrected chi connectivity index (χ4v) is 3.38. The molecule has 2 aliphatic rings. The van der Waals surface area contributed by atoms with Crippen LogP contribution in [0.1, 0.15) is 32.1 Å². The number of carbonyl (C=O) groups is 1. The molecule has 1 N–H and O–H groups in total. The number of methoxy groups -OCH3 is 1. The summed E-state index contributed by atoms with van der Waals surface area (Å²) in [5.41, 5.74) is 2.11. The SMILES string of the molecule is COC1CCN(c2ccc(NC(=O)[C@H]3CC=CCC3)cc2)CC1. The molecule has 1 amide bonds. The Hall–Kier alpha value is -1.81. The van der Waals surface area contributed by atoms with Gasteiger partial charge in [-0.25, -0.2) is 0 Å². The minimum Gasteiger partial charge on any atom is -0.381 e. The third kappa shape index (κ3) is 4.14. The van der Waals surface area contributed by atoms with Crippen LogP contribution < -0.4 is 10.2 Å². The van der Waals surface area contributed by atoms with Crippen molar-refractivity contribution in [3.05, 3.63) is 36.4 Å². The van der Waals surface area contributed by atoms with E-state index in [2.05, 4.69) is 34.5 Å². The van der Waals surface area contributed by atoms with E-state index in [9.17, 15) is 4.79 Å². The second-order valence-electron chi connectivity index (χ2n) is 6.44. The molecule has 0 unspecified atom stereocenters. The van der Waals surface area contributed by atoms with Gasteiger partial charge in [-0.1, -0.05) is 12.2 Å². The first kappa shape index (κ1) is 16.1. The molecule has 0 saturated carbocycles. The van der Waals surface area contributed by atoms with Crippen molar-refractivity contribution in [1.29, 1.82) is 0 Å². The van der Waals surface area contributed by atoms with E-state index in [-0.39, 0.29) is 11.8 Å². The maximum atomic E-state index is 12.3. The number of amides is 1. The van der Waals surface area contributed by atoms with Crippen molar-refractivity contribution < 1.29 is 9.53 Å². The number of hydrogen-bond donors (Lipinski definition) is 1. The van der Waals surface area contributed by atoms with Crippen molar-refractivity contribution in [2.45, 2.75) is 38.2 Å². The van der Waals surface area contributed by atoms with Crippen LogP contribution in [-0.4, -0.2) is 32.2 Å². The van der Waals surface area contributed by atoms with Crippen LogP contribution in [0.4, 0.5) is 11.4 Å². The summed E-state index contributed by atoms with van der Waals surface area (Å²) in [6, 6.07) is 8.22. The second-order valence-corrected chi connectivity index (χ2v) is 6.44. The third-order valence-corrected chi connectivity index (χ3v) is 4.92. The van der Waals surface area contributed by atoms with E-state index < -0.39 is 0 Å². The lowest BCUT2D eigenvalue weighted by Gasteiger charge is -2.33. The van der Waals surface area contributed by atoms with Gasteiger partial charge >= 0.3 is 0 Å². The lowest BCUT2D eigenvalue weighted by Crippen LogP contribution is -2.36. The highest BCUT2D eigenvalue weighted by Gasteiger charge is 2.20. The Balaban J connectivity index is 1.55. The van der Waals surface area contributed by atoms with E-state index in [4.69, 9.17) is 4.74 Å². The molecule has 1 aliphatic carbocycles. The lowest BCUT2D eigenvalue weighted by atomic mass is 9.93. The topological polar surface area (TPSA) is 41.6 Å². The Morgan fingerprint density at radius 1 is 1.13 bits per heavy atom. The Bertz CT molecular complexity index is 545. The molecule has 0 aromatic heterocycles. The lowest BCUT2D eigenvalue weighted by molar-refractivity contribution is -0.120. The van der Waals surface area contributed by atoms with E-state index in [0.29, 0.717) is 6.10 Å². The maximum Gasteiger partial charge on any atom is 0.227 e. The second kappa shape index (κ2) is 7.64. The number of nitrogens with zero attached hydrogens (tertiary/aromatic N) is 1. The minimum absolute atomic E-state index is 0.118. The molecule has 124 valence electrons. The van der Waals surface area contributed by atoms with Crippen molar-refractivity contribution in [2.75, 3.05) is 30.4 Å². The molecule has 1 aromatic rings. The number of rotatable bonds is 4. The smallest absolute Gasteiger partial charge is 0.227 e. The van der Waals surface area contributed by atoms with Gasteiger partial charge in [-0.2, -0.15) is 0 Å². The molecule has 3 rings (SSSR count). The third-order valence-electron chi connectivity index (χ3n) is 4.92. The highest BCUT2D eigenvalue weighted by molar-refractivity contribution is 5.92. The van der Waals surface area contributed by atoms with Crippen LogP contribution in [0.5, 0.6) is 0 Å². The largest absolute Gasteiger partial charge is 0.381 e. The molecule has 23 heavy (non-hydrogen) atoms. The van der Waals surface area contributed by atoms with E-state index in [1.54, 1.807) is 7.11 Å². The molecule has 1 atom stereocenters. The minimum atomic E-state index is 0.118. The average molecular weight is 314 g/mol. The Morgan fingerprint density at radius 3 is 2.48 bits per heavy atom. The molecule has 1 aromatic carbocycles. The summed E-state index contributed by atoms with van der Waals surface area (Å²) in [7, 11) is 1.79. The van der Waals surface area contributed by atoms with Crippen molar-refractivity contribution in [3.63, 3.8) is 0 Å². The number of hydrogen-bond acceptors (Lipinski definition) is 3. The summed E-state index contributed by atoms with van der Waals surface area (Å²) in [5, 5.41) is 3.05. The summed E-state index contributed by atoms with van der Waals surface area (Å²) in [6.45, 7) is 2.05. The molecule has 1 heterocycles. The molecule has 1 fully saturated rings. The van der Waals surface area contributed by atoms with Crippen LogP contribution >= 0.6 is 0 Å². The molecule has 4 nitrogen and oxygen atoms in total. The molecule has 0 radical (unpaired) electrons. The van der Waals surface area contributed by atoms with E-state index >= 15 is 0 Å². The monoisotopic (exact) mass is 314 g/mol. The van der Waals surface area contributed by atoms with Gasteiger partial charge in [-0.3, -0.25) is 4.79 Å². The molecule has 4 heteroatoms. The standard InChI is InChI=1S/C19H26N2O2/c1-23-18-11-13-21(14-12-18)17-9-7-16(8-10-17)20-19(22)15-5-3-2-4-6-15/h2-3,7-10,15,18H,4-6,11-14H2,1H3,(H,20,22)/t15-/m0/s1. The van der Waals surface area contributed by atoms with Crippen molar-refractivity contribution in [2.24, 2.45) is 5.92 Å². The summed E-state index contributed by atoms with van der Waals surface area (Å²) in [5.74, 6) is 0.260. The van der Waals surface area contributed by atoms with Gasteiger partial charge in [0.1, 0.15) is 0 Å². The molecular formula is C19H26N2O2. The van der Waals surface area contributed by atoms with Crippen LogP contribution in [0, 0.1) is 5.92 Å². The predicted molar refractivity (Wildman–Crippen MR) is 93.8 cm³/mol. The van der Waals surface area contributed by atoms with Gasteiger partial charge < -0.3 is 15.0 Å². The molecule has 0 bridgehead atoms. The zero-order valence-corrected chi connectivity index (χ0v) is 13.8. The number of piperidine rings is 1. The van der Waals surface area contributed by atoms with E-state index in [1.807, 2.05) is 12.1 Å². The van der Waals surface area contributed by atoms with E-state index in [0.717, 1.165) is 50.9 Å². The number of carbonyl (C=O) groups excluding carboxylic acids is 1. The van der Waals surface area contributed by atoms with Crippen molar-refractivity contribution in [1.82, 2.24) is 0 Å². The Labute approximate surface area is 138 Å². The number of anilines is 2. The highest BCUT2D eigenvalue weighted by Crippen LogP contribution is 2.24. The molecule has 0 spiro atoms. The normalized spacial score (nSPS) is 22.1. The predicted octanol–water partition coefficient (Wildman–Crippen LogP) is 3.60. The fourth-order valence-electron chi connectivity index (χ4n) is 3.38. The zero-order valence-electron chi connectivity index (χ0n) is 13.8. The molecule has 1 aliphatic heterocycles. The number of allylic oxidation sites excluding steroid dienone is 2.